The number of alkyl halides is 1. The average molecular weight is 305 g/mol. The predicted molar refractivity (Wildman–Crippen MR) is 79.5 cm³/mol. The second-order valence-electron chi connectivity index (χ2n) is 4.40. The van der Waals surface area contributed by atoms with Crippen LogP contribution in [0.2, 0.25) is 0 Å². The van der Waals surface area contributed by atoms with Crippen molar-refractivity contribution in [1.29, 1.82) is 0 Å². The molecule has 0 amide bonds. The maximum Gasteiger partial charge on any atom is 0.123 e. The van der Waals surface area contributed by atoms with E-state index in [0.29, 0.717) is 0 Å². The van der Waals surface area contributed by atoms with Gasteiger partial charge in [-0.05, 0) is 25.0 Å². The molecular weight excluding hydrogens is 288 g/mol. The molecule has 0 saturated heterocycles. The Labute approximate surface area is 117 Å². The van der Waals surface area contributed by atoms with Crippen LogP contribution in [-0.4, -0.2) is 7.11 Å². The van der Waals surface area contributed by atoms with Crippen molar-refractivity contribution in [1.82, 2.24) is 0 Å². The molecule has 1 nitrogen and oxygen atoms in total. The van der Waals surface area contributed by atoms with E-state index < -0.39 is 0 Å². The molecule has 2 rings (SSSR count). The molecule has 0 saturated carbocycles. The topological polar surface area (TPSA) is 9.23 Å². The van der Waals surface area contributed by atoms with Gasteiger partial charge in [0.1, 0.15) is 5.75 Å². The Morgan fingerprint density at radius 2 is 1.89 bits per heavy atom. The van der Waals surface area contributed by atoms with Crippen LogP contribution in [0, 0.1) is 6.92 Å². The molecule has 2 aromatic carbocycles. The van der Waals surface area contributed by atoms with Gasteiger partial charge in [0.25, 0.3) is 0 Å². The van der Waals surface area contributed by atoms with Crippen molar-refractivity contribution in [2.24, 2.45) is 0 Å². The predicted octanol–water partition coefficient (Wildman–Crippen LogP) is 4.68. The molecule has 1 atom stereocenters. The monoisotopic (exact) mass is 304 g/mol. The van der Waals surface area contributed by atoms with Gasteiger partial charge in [-0.25, -0.2) is 0 Å². The first-order chi connectivity index (χ1) is 8.70. The number of methoxy groups -OCH3 is 1. The van der Waals surface area contributed by atoms with E-state index in [0.717, 1.165) is 12.2 Å². The van der Waals surface area contributed by atoms with Gasteiger partial charge in [-0.15, -0.1) is 0 Å². The van der Waals surface area contributed by atoms with Gasteiger partial charge >= 0.3 is 0 Å². The summed E-state index contributed by atoms with van der Waals surface area (Å²) in [6.07, 6.45) is 0.960. The number of para-hydroxylation sites is 1. The van der Waals surface area contributed by atoms with Gasteiger partial charge in [-0.3, -0.25) is 0 Å². The van der Waals surface area contributed by atoms with Gasteiger partial charge in [0.15, 0.2) is 0 Å². The largest absolute Gasteiger partial charge is 0.496 e. The van der Waals surface area contributed by atoms with E-state index in [1.807, 2.05) is 18.2 Å². The van der Waals surface area contributed by atoms with E-state index in [9.17, 15) is 0 Å². The Bertz CT molecular complexity index is 522. The summed E-state index contributed by atoms with van der Waals surface area (Å²) in [4.78, 5) is 0.274. The zero-order chi connectivity index (χ0) is 13.0. The normalized spacial score (nSPS) is 12.2. The zero-order valence-electron chi connectivity index (χ0n) is 10.7. The average Bonchev–Trinajstić information content (AvgIpc) is 2.38. The number of hydrogen-bond donors (Lipinski definition) is 0. The quantitative estimate of drug-likeness (QED) is 0.745. The maximum absolute atomic E-state index is 5.40. The number of halogens is 1. The Hall–Kier alpha value is -1.28. The zero-order valence-corrected chi connectivity index (χ0v) is 12.3. The second-order valence-corrected chi connectivity index (χ2v) is 5.51. The molecule has 0 N–H and O–H groups in total. The third kappa shape index (κ3) is 3.14. The number of aryl methyl sites for hydroxylation is 1. The minimum Gasteiger partial charge on any atom is -0.496 e. The molecule has 1 unspecified atom stereocenters. The first kappa shape index (κ1) is 13.2. The highest BCUT2D eigenvalue weighted by molar-refractivity contribution is 9.09. The van der Waals surface area contributed by atoms with Crippen molar-refractivity contribution >= 4 is 15.9 Å². The summed E-state index contributed by atoms with van der Waals surface area (Å²) in [7, 11) is 1.71. The van der Waals surface area contributed by atoms with Gasteiger partial charge in [-0.2, -0.15) is 0 Å². The summed E-state index contributed by atoms with van der Waals surface area (Å²) in [6, 6.07) is 16.8. The highest BCUT2D eigenvalue weighted by Crippen LogP contribution is 2.33. The summed E-state index contributed by atoms with van der Waals surface area (Å²) in [5.74, 6) is 0.937. The van der Waals surface area contributed by atoms with E-state index >= 15 is 0 Å². The standard InChI is InChI=1S/C16H17BrO/c1-12-6-5-7-13(10-12)11-15(17)14-8-3-4-9-16(14)18-2/h3-10,15H,11H2,1-2H3. The number of rotatable bonds is 4. The summed E-state index contributed by atoms with van der Waals surface area (Å²) in [5.41, 5.74) is 3.83. The van der Waals surface area contributed by atoms with E-state index in [1.54, 1.807) is 7.11 Å². The Balaban J connectivity index is 2.19. The SMILES string of the molecule is COc1ccccc1C(Br)Cc1cccc(C)c1. The molecule has 0 aromatic heterocycles. The van der Waals surface area contributed by atoms with Gasteiger partial charge in [0.2, 0.25) is 0 Å². The van der Waals surface area contributed by atoms with Crippen LogP contribution in [0.1, 0.15) is 21.5 Å². The first-order valence-corrected chi connectivity index (χ1v) is 6.95. The van der Waals surface area contributed by atoms with Crippen LogP contribution in [0.5, 0.6) is 5.75 Å². The molecule has 0 aliphatic heterocycles. The van der Waals surface area contributed by atoms with Crippen LogP contribution < -0.4 is 4.74 Å². The second kappa shape index (κ2) is 6.05. The molecule has 18 heavy (non-hydrogen) atoms. The van der Waals surface area contributed by atoms with Crippen LogP contribution in [0.4, 0.5) is 0 Å². The molecule has 0 aliphatic rings. The van der Waals surface area contributed by atoms with E-state index in [-0.39, 0.29) is 4.83 Å². The van der Waals surface area contributed by atoms with Gasteiger partial charge in [-0.1, -0.05) is 64.0 Å². The van der Waals surface area contributed by atoms with Crippen molar-refractivity contribution in [3.05, 3.63) is 65.2 Å². The first-order valence-electron chi connectivity index (χ1n) is 6.03. The molecule has 0 heterocycles. The fraction of sp³-hybridized carbons (Fsp3) is 0.250. The third-order valence-corrected chi connectivity index (χ3v) is 3.79. The van der Waals surface area contributed by atoms with Crippen molar-refractivity contribution in [3.8, 4) is 5.75 Å². The van der Waals surface area contributed by atoms with Gasteiger partial charge in [0, 0.05) is 10.4 Å². The van der Waals surface area contributed by atoms with Crippen LogP contribution >= 0.6 is 15.9 Å². The highest BCUT2D eigenvalue weighted by atomic mass is 79.9. The number of ether oxygens (including phenoxy) is 1. The fourth-order valence-electron chi connectivity index (χ4n) is 2.08. The van der Waals surface area contributed by atoms with E-state index in [4.69, 9.17) is 4.74 Å². The molecule has 0 bridgehead atoms. The van der Waals surface area contributed by atoms with Crippen molar-refractivity contribution in [2.45, 2.75) is 18.2 Å². The van der Waals surface area contributed by atoms with Crippen molar-refractivity contribution in [3.63, 3.8) is 0 Å². The molecule has 0 spiro atoms. The maximum atomic E-state index is 5.40. The molecule has 0 fully saturated rings. The molecule has 2 heteroatoms. The van der Waals surface area contributed by atoms with Gasteiger partial charge in [0.05, 0.1) is 7.11 Å². The van der Waals surface area contributed by atoms with Crippen LogP contribution in [-0.2, 0) is 6.42 Å². The van der Waals surface area contributed by atoms with Crippen LogP contribution in [0.25, 0.3) is 0 Å². The highest BCUT2D eigenvalue weighted by Gasteiger charge is 2.13. The summed E-state index contributed by atoms with van der Waals surface area (Å²) in [6.45, 7) is 2.12. The summed E-state index contributed by atoms with van der Waals surface area (Å²) < 4.78 is 5.40. The van der Waals surface area contributed by atoms with Crippen molar-refractivity contribution in [2.75, 3.05) is 7.11 Å². The number of hydrogen-bond acceptors (Lipinski definition) is 1. The summed E-state index contributed by atoms with van der Waals surface area (Å²) >= 11 is 3.76. The third-order valence-electron chi connectivity index (χ3n) is 2.97. The lowest BCUT2D eigenvalue weighted by Gasteiger charge is -2.14. The van der Waals surface area contributed by atoms with Crippen LogP contribution in [0.3, 0.4) is 0 Å². The molecule has 0 aliphatic carbocycles. The minimum absolute atomic E-state index is 0.274. The fourth-order valence-corrected chi connectivity index (χ4v) is 2.83. The van der Waals surface area contributed by atoms with E-state index in [1.165, 1.54) is 16.7 Å². The lowest BCUT2D eigenvalue weighted by Crippen LogP contribution is -1.98. The molecule has 0 radical (unpaired) electrons. The lowest BCUT2D eigenvalue weighted by molar-refractivity contribution is 0.409. The molecule has 94 valence electrons. The number of benzene rings is 2. The molecule has 2 aromatic rings. The Morgan fingerprint density at radius 1 is 1.11 bits per heavy atom. The van der Waals surface area contributed by atoms with Crippen molar-refractivity contribution < 1.29 is 4.74 Å². The minimum atomic E-state index is 0.274. The molecular formula is C16H17BrO. The Kier molecular flexibility index (Phi) is 4.43. The van der Waals surface area contributed by atoms with Crippen LogP contribution in [0.15, 0.2) is 48.5 Å². The Morgan fingerprint density at radius 3 is 2.61 bits per heavy atom. The lowest BCUT2D eigenvalue weighted by atomic mass is 10.0. The van der Waals surface area contributed by atoms with Gasteiger partial charge < -0.3 is 4.74 Å². The van der Waals surface area contributed by atoms with E-state index in [2.05, 4.69) is 53.2 Å². The summed E-state index contributed by atoms with van der Waals surface area (Å²) in [5, 5.41) is 0. The smallest absolute Gasteiger partial charge is 0.123 e.